The quantitative estimate of drug-likeness (QED) is 0.182. The Morgan fingerprint density at radius 1 is 1.14 bits per heavy atom. The van der Waals surface area contributed by atoms with Gasteiger partial charge in [0.1, 0.15) is 17.1 Å². The molecule has 0 spiro atoms. The molecule has 5 atom stereocenters. The van der Waals surface area contributed by atoms with Crippen molar-refractivity contribution < 1.29 is 49.4 Å². The smallest absolute Gasteiger partial charge is 0.411 e. The third-order valence-corrected chi connectivity index (χ3v) is 8.13. The zero-order valence-electron chi connectivity index (χ0n) is 25.1. The number of nitrogens with zero attached hydrogens (tertiary/aromatic N) is 2. The zero-order chi connectivity index (χ0) is 32.5. The Kier molecular flexibility index (Phi) is 7.79. The number of aromatic hydroxyl groups is 1. The predicted molar refractivity (Wildman–Crippen MR) is 154 cm³/mol. The molecule has 2 amide bonds. The number of nitrogens with two attached hydrogens (primary N) is 1. The van der Waals surface area contributed by atoms with Gasteiger partial charge in [0, 0.05) is 31.3 Å². The van der Waals surface area contributed by atoms with E-state index in [1.807, 2.05) is 20.8 Å². The minimum absolute atomic E-state index is 0.0644. The highest BCUT2D eigenvalue weighted by molar-refractivity contribution is 6.24. The summed E-state index contributed by atoms with van der Waals surface area (Å²) in [4.78, 5) is 55.0. The van der Waals surface area contributed by atoms with E-state index in [-0.39, 0.29) is 29.7 Å². The molecule has 3 aliphatic carbocycles. The molecule has 43 heavy (non-hydrogen) atoms. The maximum absolute atomic E-state index is 14.1. The van der Waals surface area contributed by atoms with Crippen LogP contribution in [0.2, 0.25) is 0 Å². The van der Waals surface area contributed by atoms with Crippen LogP contribution < -0.4 is 16.0 Å². The van der Waals surface area contributed by atoms with E-state index in [1.165, 1.54) is 25.1 Å². The van der Waals surface area contributed by atoms with Crippen molar-refractivity contribution in [1.82, 2.24) is 4.90 Å². The number of rotatable bonds is 5. The Bertz CT molecular complexity index is 1490. The van der Waals surface area contributed by atoms with Crippen molar-refractivity contribution in [3.05, 3.63) is 34.1 Å². The summed E-state index contributed by atoms with van der Waals surface area (Å²) in [6, 6.07) is -0.00151. The third kappa shape index (κ3) is 4.88. The van der Waals surface area contributed by atoms with Crippen molar-refractivity contribution >= 4 is 40.7 Å². The number of anilines is 2. The lowest BCUT2D eigenvalue weighted by Crippen LogP contribution is -2.70. The number of hydrogen-bond donors (Lipinski definition) is 7. The molecule has 0 bridgehead atoms. The van der Waals surface area contributed by atoms with Crippen LogP contribution in [-0.4, -0.2) is 107 Å². The first-order chi connectivity index (χ1) is 19.7. The number of amides is 2. The summed E-state index contributed by atoms with van der Waals surface area (Å²) in [6.45, 7) is 5.64. The Labute approximate surface area is 248 Å². The molecule has 0 heterocycles. The summed E-state index contributed by atoms with van der Waals surface area (Å²) in [5.74, 6) is -9.25. The summed E-state index contributed by atoms with van der Waals surface area (Å²) in [7, 11) is 6.20. The van der Waals surface area contributed by atoms with Gasteiger partial charge in [-0.05, 0) is 37.6 Å². The molecular weight excluding hydrogens is 564 g/mol. The number of likely N-dealkylation sites (N-methyl/N-ethyl adjacent to an activating group) is 1. The lowest BCUT2D eigenvalue weighted by atomic mass is 9.56. The van der Waals surface area contributed by atoms with Crippen molar-refractivity contribution in [3.8, 4) is 5.75 Å². The van der Waals surface area contributed by atoms with Gasteiger partial charge < -0.3 is 40.9 Å². The van der Waals surface area contributed by atoms with E-state index in [0.29, 0.717) is 11.3 Å². The van der Waals surface area contributed by atoms with Crippen LogP contribution in [0.15, 0.2) is 23.0 Å². The van der Waals surface area contributed by atoms with Crippen molar-refractivity contribution in [2.45, 2.75) is 44.9 Å². The number of primary amides is 1. The van der Waals surface area contributed by atoms with Crippen molar-refractivity contribution in [1.29, 1.82) is 0 Å². The van der Waals surface area contributed by atoms with Crippen LogP contribution in [0.5, 0.6) is 5.75 Å². The fourth-order valence-corrected chi connectivity index (χ4v) is 6.23. The van der Waals surface area contributed by atoms with Crippen LogP contribution >= 0.6 is 0 Å². The number of aliphatic hydroxyl groups excluding tert-OH is 3. The molecule has 8 N–H and O–H groups in total. The van der Waals surface area contributed by atoms with Gasteiger partial charge in [-0.15, -0.1) is 0 Å². The van der Waals surface area contributed by atoms with Crippen LogP contribution in [0, 0.1) is 17.3 Å². The van der Waals surface area contributed by atoms with E-state index in [9.17, 15) is 44.7 Å². The summed E-state index contributed by atoms with van der Waals surface area (Å²) in [5.41, 5.74) is 0.764. The SMILES string of the molecule is CN(C)c1cc(NC(=O)OCC(C)(C)C)c(O)c2c1CC1C(=C2O)C(=O)C2(O)C(O)=C(C(N)=O)C(=O)C(N(C)C)C2C1O. The highest BCUT2D eigenvalue weighted by Gasteiger charge is 2.67. The maximum atomic E-state index is 14.1. The Morgan fingerprint density at radius 3 is 2.26 bits per heavy atom. The van der Waals surface area contributed by atoms with Gasteiger partial charge in [0.2, 0.25) is 5.78 Å². The van der Waals surface area contributed by atoms with E-state index in [2.05, 4.69) is 5.32 Å². The van der Waals surface area contributed by atoms with E-state index in [4.69, 9.17) is 10.5 Å². The first-order valence-corrected chi connectivity index (χ1v) is 13.6. The molecule has 3 aliphatic rings. The average molecular weight is 603 g/mol. The Hall–Kier alpha value is -4.14. The highest BCUT2D eigenvalue weighted by Crippen LogP contribution is 2.54. The topological polar surface area (TPSA) is 223 Å². The second kappa shape index (κ2) is 10.5. The Balaban J connectivity index is 1.94. The summed E-state index contributed by atoms with van der Waals surface area (Å²) in [5, 5.41) is 59.7. The van der Waals surface area contributed by atoms with Crippen molar-refractivity contribution in [3.63, 3.8) is 0 Å². The van der Waals surface area contributed by atoms with Crippen LogP contribution in [0.25, 0.3) is 5.76 Å². The van der Waals surface area contributed by atoms with Crippen molar-refractivity contribution in [2.24, 2.45) is 23.0 Å². The lowest BCUT2D eigenvalue weighted by Gasteiger charge is -2.52. The molecule has 14 heteroatoms. The van der Waals surface area contributed by atoms with E-state index < -0.39 is 81.6 Å². The molecule has 1 fully saturated rings. The number of phenolic OH excluding ortho intramolecular Hbond substituents is 1. The fraction of sp³-hybridized carbons (Fsp3) is 0.517. The average Bonchev–Trinajstić information content (AvgIpc) is 2.88. The fourth-order valence-electron chi connectivity index (χ4n) is 6.23. The minimum Gasteiger partial charge on any atom is -0.508 e. The number of benzene rings is 1. The number of aliphatic hydroxyl groups is 4. The zero-order valence-corrected chi connectivity index (χ0v) is 25.1. The molecule has 0 aromatic heterocycles. The van der Waals surface area contributed by atoms with E-state index in [1.54, 1.807) is 19.0 Å². The number of ether oxygens (including phenoxy) is 1. The van der Waals surface area contributed by atoms with Gasteiger partial charge in [-0.2, -0.15) is 0 Å². The Morgan fingerprint density at radius 2 is 1.74 bits per heavy atom. The number of ketones is 2. The number of carbonyl (C=O) groups excluding carboxylic acids is 4. The molecule has 234 valence electrons. The molecule has 4 rings (SSSR count). The second-order valence-corrected chi connectivity index (χ2v) is 12.8. The molecule has 1 aromatic rings. The highest BCUT2D eigenvalue weighted by atomic mass is 16.5. The molecule has 14 nitrogen and oxygen atoms in total. The largest absolute Gasteiger partial charge is 0.508 e. The van der Waals surface area contributed by atoms with Crippen LogP contribution in [0.4, 0.5) is 16.2 Å². The number of fused-ring (bicyclic) bond motifs is 3. The molecule has 1 saturated carbocycles. The predicted octanol–water partition coefficient (Wildman–Crippen LogP) is 0.595. The molecule has 0 radical (unpaired) electrons. The number of hydrogen-bond acceptors (Lipinski definition) is 12. The van der Waals surface area contributed by atoms with Gasteiger partial charge in [0.25, 0.3) is 5.91 Å². The monoisotopic (exact) mass is 602 g/mol. The van der Waals surface area contributed by atoms with Gasteiger partial charge in [-0.25, -0.2) is 4.79 Å². The molecular formula is C29H38N4O10. The van der Waals surface area contributed by atoms with Gasteiger partial charge in [0.05, 0.1) is 35.9 Å². The van der Waals surface area contributed by atoms with E-state index in [0.717, 1.165) is 0 Å². The molecule has 0 saturated heterocycles. The van der Waals surface area contributed by atoms with Crippen molar-refractivity contribution in [2.75, 3.05) is 45.0 Å². The summed E-state index contributed by atoms with van der Waals surface area (Å²) < 4.78 is 5.23. The van der Waals surface area contributed by atoms with Crippen LogP contribution in [0.1, 0.15) is 31.9 Å². The number of nitrogens with one attached hydrogen (secondary N) is 1. The third-order valence-electron chi connectivity index (χ3n) is 8.13. The lowest BCUT2D eigenvalue weighted by molar-refractivity contribution is -0.168. The van der Waals surface area contributed by atoms with Gasteiger partial charge >= 0.3 is 6.09 Å². The first-order valence-electron chi connectivity index (χ1n) is 13.6. The number of carbonyl (C=O) groups is 4. The maximum Gasteiger partial charge on any atom is 0.411 e. The van der Waals surface area contributed by atoms with Gasteiger partial charge in [-0.3, -0.25) is 24.6 Å². The number of Topliss-reactive ketones (excluding diaryl/α,β-unsaturated/α-hetero) is 2. The van der Waals surface area contributed by atoms with Crippen LogP contribution in [-0.2, 0) is 25.5 Å². The second-order valence-electron chi connectivity index (χ2n) is 12.8. The standard InChI is InChI=1S/C29H38N4O10/c1-28(2,3)10-43-27(41)31-13-9-14(32(4)5)11-8-12-16(22(36)15(11)21(13)35)24(38)29(42)18(20(12)34)19(33(6)7)23(37)17(25(29)39)26(30)40/h9,12,18-20,34-36,39,42H,8,10H2,1-7H3,(H2,30,40)(H,31,41). The minimum atomic E-state index is -3.02. The van der Waals surface area contributed by atoms with Crippen LogP contribution in [0.3, 0.4) is 0 Å². The first kappa shape index (κ1) is 31.8. The van der Waals surface area contributed by atoms with Gasteiger partial charge in [0.15, 0.2) is 17.1 Å². The molecule has 0 aliphatic heterocycles. The van der Waals surface area contributed by atoms with E-state index >= 15 is 0 Å². The molecule has 1 aromatic carbocycles. The van der Waals surface area contributed by atoms with Gasteiger partial charge in [-0.1, -0.05) is 20.8 Å². The molecule has 5 unspecified atom stereocenters. The summed E-state index contributed by atoms with van der Waals surface area (Å²) >= 11 is 0. The summed E-state index contributed by atoms with van der Waals surface area (Å²) in [6.07, 6.45) is -2.73. The normalized spacial score (nSPS) is 27.0. The number of phenols is 1.